The van der Waals surface area contributed by atoms with E-state index in [4.69, 9.17) is 11.6 Å². The Bertz CT molecular complexity index is 802. The summed E-state index contributed by atoms with van der Waals surface area (Å²) in [6, 6.07) is 13.0. The zero-order chi connectivity index (χ0) is 18.0. The molecule has 1 saturated heterocycles. The topological polar surface area (TPSA) is 49.4 Å². The van der Waals surface area contributed by atoms with Crippen molar-refractivity contribution in [2.45, 2.75) is 26.7 Å². The van der Waals surface area contributed by atoms with Crippen molar-refractivity contribution in [3.63, 3.8) is 0 Å². The molecule has 1 aliphatic heterocycles. The molecular weight excluding hydrogens is 336 g/mol. The Morgan fingerprint density at radius 2 is 1.96 bits per heavy atom. The van der Waals surface area contributed by atoms with Crippen LogP contribution in [0.4, 0.5) is 11.4 Å². The normalized spacial score (nSPS) is 17.0. The van der Waals surface area contributed by atoms with Crippen LogP contribution in [0.25, 0.3) is 0 Å². The average molecular weight is 357 g/mol. The van der Waals surface area contributed by atoms with Gasteiger partial charge in [0.05, 0.1) is 5.92 Å². The molecular formula is C20H21ClN2O2. The molecule has 2 aromatic carbocycles. The first kappa shape index (κ1) is 17.5. The molecule has 0 aliphatic carbocycles. The summed E-state index contributed by atoms with van der Waals surface area (Å²) in [6.45, 7) is 4.49. The molecule has 0 spiro atoms. The summed E-state index contributed by atoms with van der Waals surface area (Å²) in [4.78, 5) is 26.8. The minimum absolute atomic E-state index is 0.000237. The van der Waals surface area contributed by atoms with E-state index in [9.17, 15) is 9.59 Å². The third-order valence-electron chi connectivity index (χ3n) is 4.58. The van der Waals surface area contributed by atoms with E-state index in [0.717, 1.165) is 23.2 Å². The molecule has 0 aromatic heterocycles. The molecule has 0 bridgehead atoms. The van der Waals surface area contributed by atoms with Crippen molar-refractivity contribution in [1.29, 1.82) is 0 Å². The van der Waals surface area contributed by atoms with Gasteiger partial charge in [-0.15, -0.1) is 0 Å². The van der Waals surface area contributed by atoms with Gasteiger partial charge in [-0.25, -0.2) is 0 Å². The van der Waals surface area contributed by atoms with Crippen LogP contribution in [-0.2, 0) is 16.0 Å². The molecule has 1 aliphatic rings. The van der Waals surface area contributed by atoms with Gasteiger partial charge in [-0.1, -0.05) is 36.7 Å². The smallest absolute Gasteiger partial charge is 0.229 e. The highest BCUT2D eigenvalue weighted by molar-refractivity contribution is 6.30. The van der Waals surface area contributed by atoms with Gasteiger partial charge >= 0.3 is 0 Å². The number of rotatable bonds is 4. The second-order valence-electron chi connectivity index (χ2n) is 6.34. The minimum atomic E-state index is -0.354. The average Bonchev–Trinajstić information content (AvgIpc) is 2.98. The quantitative estimate of drug-likeness (QED) is 0.892. The highest BCUT2D eigenvalue weighted by atomic mass is 35.5. The summed E-state index contributed by atoms with van der Waals surface area (Å²) in [5.41, 5.74) is 3.83. The van der Waals surface area contributed by atoms with E-state index < -0.39 is 0 Å². The monoisotopic (exact) mass is 356 g/mol. The van der Waals surface area contributed by atoms with Crippen LogP contribution in [-0.4, -0.2) is 18.4 Å². The number of aryl methyl sites for hydroxylation is 2. The van der Waals surface area contributed by atoms with Crippen molar-refractivity contribution in [2.24, 2.45) is 5.92 Å². The maximum absolute atomic E-state index is 12.5. The summed E-state index contributed by atoms with van der Waals surface area (Å²) in [5, 5.41) is 3.49. The van der Waals surface area contributed by atoms with Crippen molar-refractivity contribution >= 4 is 34.8 Å². The first-order chi connectivity index (χ1) is 12.0. The summed E-state index contributed by atoms with van der Waals surface area (Å²) >= 11 is 5.86. The van der Waals surface area contributed by atoms with E-state index in [0.29, 0.717) is 17.3 Å². The van der Waals surface area contributed by atoms with Gasteiger partial charge in [-0.05, 0) is 48.7 Å². The number of para-hydroxylation sites is 1. The van der Waals surface area contributed by atoms with Crippen molar-refractivity contribution < 1.29 is 9.59 Å². The van der Waals surface area contributed by atoms with Crippen molar-refractivity contribution in [1.82, 2.24) is 0 Å². The predicted octanol–water partition coefficient (Wildman–Crippen LogP) is 4.20. The number of amides is 2. The number of halogens is 1. The van der Waals surface area contributed by atoms with Gasteiger partial charge in [0.15, 0.2) is 0 Å². The molecule has 3 rings (SSSR count). The number of nitrogens with zero attached hydrogens (tertiary/aromatic N) is 1. The summed E-state index contributed by atoms with van der Waals surface area (Å²) in [5.74, 6) is -0.488. The zero-order valence-corrected chi connectivity index (χ0v) is 15.1. The lowest BCUT2D eigenvalue weighted by Gasteiger charge is -2.22. The van der Waals surface area contributed by atoms with Gasteiger partial charge in [0.2, 0.25) is 11.8 Å². The lowest BCUT2D eigenvalue weighted by molar-refractivity contribution is -0.122. The molecule has 2 aromatic rings. The third kappa shape index (κ3) is 3.69. The molecule has 1 atom stereocenters. The molecule has 4 nitrogen and oxygen atoms in total. The lowest BCUT2D eigenvalue weighted by atomic mass is 10.0. The molecule has 1 unspecified atom stereocenters. The van der Waals surface area contributed by atoms with Crippen LogP contribution in [0.1, 0.15) is 24.5 Å². The summed E-state index contributed by atoms with van der Waals surface area (Å²) in [6.07, 6.45) is 1.08. The molecule has 2 amide bonds. The molecule has 1 N–H and O–H groups in total. The lowest BCUT2D eigenvalue weighted by Crippen LogP contribution is -2.29. The Labute approximate surface area is 152 Å². The third-order valence-corrected chi connectivity index (χ3v) is 4.83. The van der Waals surface area contributed by atoms with E-state index in [1.165, 1.54) is 0 Å². The predicted molar refractivity (Wildman–Crippen MR) is 101 cm³/mol. The molecule has 130 valence electrons. The van der Waals surface area contributed by atoms with E-state index in [2.05, 4.69) is 12.2 Å². The highest BCUT2D eigenvalue weighted by Crippen LogP contribution is 2.32. The van der Waals surface area contributed by atoms with Gasteiger partial charge in [0.1, 0.15) is 0 Å². The van der Waals surface area contributed by atoms with Gasteiger partial charge in [0, 0.05) is 29.4 Å². The van der Waals surface area contributed by atoms with E-state index in [1.807, 2.05) is 25.1 Å². The second kappa shape index (κ2) is 7.28. The van der Waals surface area contributed by atoms with Crippen LogP contribution in [0.2, 0.25) is 5.02 Å². The van der Waals surface area contributed by atoms with E-state index >= 15 is 0 Å². The Morgan fingerprint density at radius 3 is 2.64 bits per heavy atom. The summed E-state index contributed by atoms with van der Waals surface area (Å²) in [7, 11) is 0. The molecule has 1 fully saturated rings. The molecule has 5 heteroatoms. The van der Waals surface area contributed by atoms with Crippen LogP contribution in [0, 0.1) is 12.8 Å². The van der Waals surface area contributed by atoms with E-state index in [1.54, 1.807) is 29.2 Å². The SMILES string of the molecule is CCc1cccc(C)c1N1CC(C(=O)Nc2ccc(Cl)cc2)CC1=O. The standard InChI is InChI=1S/C20H21ClN2O2/c1-3-14-6-4-5-13(2)19(14)23-12-15(11-18(23)24)20(25)22-17-9-7-16(21)8-10-17/h4-10,15H,3,11-12H2,1-2H3,(H,22,25). The number of hydrogen-bond donors (Lipinski definition) is 1. The number of nitrogens with one attached hydrogen (secondary N) is 1. The Morgan fingerprint density at radius 1 is 1.24 bits per heavy atom. The fourth-order valence-electron chi connectivity index (χ4n) is 3.27. The first-order valence-electron chi connectivity index (χ1n) is 8.45. The Hall–Kier alpha value is -2.33. The van der Waals surface area contributed by atoms with Gasteiger partial charge < -0.3 is 10.2 Å². The molecule has 1 heterocycles. The van der Waals surface area contributed by atoms with Crippen LogP contribution in [0.15, 0.2) is 42.5 Å². The van der Waals surface area contributed by atoms with Gasteiger partial charge in [0.25, 0.3) is 0 Å². The highest BCUT2D eigenvalue weighted by Gasteiger charge is 2.36. The number of anilines is 2. The molecule has 0 saturated carbocycles. The van der Waals surface area contributed by atoms with Crippen LogP contribution >= 0.6 is 11.6 Å². The van der Waals surface area contributed by atoms with Crippen molar-refractivity contribution in [2.75, 3.05) is 16.8 Å². The number of carbonyl (C=O) groups is 2. The number of hydrogen-bond acceptors (Lipinski definition) is 2. The fraction of sp³-hybridized carbons (Fsp3) is 0.300. The largest absolute Gasteiger partial charge is 0.326 e. The number of benzene rings is 2. The first-order valence-corrected chi connectivity index (χ1v) is 8.82. The van der Waals surface area contributed by atoms with Crippen LogP contribution in [0.3, 0.4) is 0 Å². The Kier molecular flexibility index (Phi) is 5.09. The molecule has 0 radical (unpaired) electrons. The number of carbonyl (C=O) groups excluding carboxylic acids is 2. The van der Waals surface area contributed by atoms with Gasteiger partial charge in [-0.2, -0.15) is 0 Å². The maximum atomic E-state index is 12.5. The van der Waals surface area contributed by atoms with E-state index in [-0.39, 0.29) is 24.2 Å². The maximum Gasteiger partial charge on any atom is 0.229 e. The fourth-order valence-corrected chi connectivity index (χ4v) is 3.39. The Balaban J connectivity index is 1.76. The van der Waals surface area contributed by atoms with Crippen LogP contribution < -0.4 is 10.2 Å². The minimum Gasteiger partial charge on any atom is -0.326 e. The second-order valence-corrected chi connectivity index (χ2v) is 6.77. The van der Waals surface area contributed by atoms with Crippen LogP contribution in [0.5, 0.6) is 0 Å². The van der Waals surface area contributed by atoms with Crippen molar-refractivity contribution in [3.8, 4) is 0 Å². The molecule has 25 heavy (non-hydrogen) atoms. The van der Waals surface area contributed by atoms with Gasteiger partial charge in [-0.3, -0.25) is 9.59 Å². The summed E-state index contributed by atoms with van der Waals surface area (Å²) < 4.78 is 0. The van der Waals surface area contributed by atoms with Crippen molar-refractivity contribution in [3.05, 3.63) is 58.6 Å². The zero-order valence-electron chi connectivity index (χ0n) is 14.4.